The Hall–Kier alpha value is -11.3. The number of aliphatic carboxylic acids is 1. The first-order valence-electron chi connectivity index (χ1n) is 46.5. The van der Waals surface area contributed by atoms with Gasteiger partial charge in [-0.25, -0.2) is 4.79 Å². The lowest BCUT2D eigenvalue weighted by atomic mass is 9.89. The number of carbonyl (C=O) groups is 7. The molecule has 31 N–H and O–H groups in total. The average molecular weight is 2110 g/mol. The molecule has 37 atom stereocenters. The number of hydrogen-bond donors (Lipinski definition) is 29. The minimum absolute atomic E-state index is 0.0358. The molecule has 11 bridgehead atoms. The molecule has 18 rings (SSSR count). The van der Waals surface area contributed by atoms with E-state index in [2.05, 4.69) is 37.2 Å². The van der Waals surface area contributed by atoms with Crippen LogP contribution >= 0.6 is 23.2 Å². The zero-order chi connectivity index (χ0) is 106. The molecule has 0 saturated carbocycles. The molecule has 50 nitrogen and oxygen atoms in total. The van der Waals surface area contributed by atoms with Gasteiger partial charge in [0.25, 0.3) is 0 Å². The molecule has 0 aromatic heterocycles. The smallest absolute Gasteiger partial charge is 0.330 e. The molecule has 11 heterocycles. The summed E-state index contributed by atoms with van der Waals surface area (Å²) in [6.07, 6.45) is -50.4. The number of halogens is 2. The number of carbonyl (C=O) groups excluding carboxylic acids is 6. The van der Waals surface area contributed by atoms with Gasteiger partial charge in [0.2, 0.25) is 53.8 Å². The van der Waals surface area contributed by atoms with Gasteiger partial charge in [0.15, 0.2) is 48.8 Å². The lowest BCUT2D eigenvalue weighted by Crippen LogP contribution is -2.64. The van der Waals surface area contributed by atoms with Crippen LogP contribution in [0.25, 0.3) is 11.1 Å². The van der Waals surface area contributed by atoms with Crippen molar-refractivity contribution in [1.82, 2.24) is 37.2 Å². The van der Waals surface area contributed by atoms with Crippen molar-refractivity contribution in [1.29, 1.82) is 0 Å². The van der Waals surface area contributed by atoms with Crippen LogP contribution in [0.1, 0.15) is 115 Å². The largest absolute Gasteiger partial charge is 0.508 e. The van der Waals surface area contributed by atoms with Crippen LogP contribution in [0.5, 0.6) is 57.5 Å². The fraction of sp³-hybridized carbons (Fsp3) is 0.484. The molecule has 6 saturated heterocycles. The van der Waals surface area contributed by atoms with E-state index in [1.54, 1.807) is 0 Å². The molecule has 11 aliphatic rings. The molecule has 6 amide bonds. The first-order chi connectivity index (χ1) is 69.9. The van der Waals surface area contributed by atoms with E-state index < -0.39 is 377 Å². The SMILES string of the molecule is CNC(C(=O)NC1C(=O)NC(c2ccc(O)c(Cl)c2)C(=O)NC2C(=O)NC3C(=O)NC(C(=O)NC(C(=O)O)c4cc(O)cc(O)c4-c4cc3ccc4O)C(OC3CC(N)C(O)C(C)O3)c3ccc(c(Cl)c3)Oc3cc2cc(c3OC2OC(CO)C(O)C(O)C2OC2CC(N)C(O)C(C)O2)Oc2ccc(cc2)C1OC1OC(CO)C(O)C(O)C1O)c1ccc(OC2OC(C)C(OC3OC(CO)C(O)C(O)C3O)C(O)C2O)cc1. The van der Waals surface area contributed by atoms with Gasteiger partial charge in [0, 0.05) is 47.7 Å². The van der Waals surface area contributed by atoms with E-state index in [1.807, 2.05) is 0 Å². The predicted molar refractivity (Wildman–Crippen MR) is 494 cm³/mol. The number of aliphatic hydroxyl groups is 15. The summed E-state index contributed by atoms with van der Waals surface area (Å²) in [7, 11) is 1.30. The number of fused-ring (bicyclic) bond motifs is 15. The Bertz CT molecular complexity index is 5930. The van der Waals surface area contributed by atoms with Gasteiger partial charge < -0.3 is 217 Å². The molecule has 6 fully saturated rings. The van der Waals surface area contributed by atoms with E-state index in [-0.39, 0.29) is 41.0 Å². The maximum Gasteiger partial charge on any atom is 0.330 e. The minimum atomic E-state index is -2.52. The maximum atomic E-state index is 17.0. The monoisotopic (exact) mass is 2100 g/mol. The third-order valence-electron chi connectivity index (χ3n) is 26.9. The number of phenolic OH excluding ortho intramolecular Hbond substituents is 4. The maximum absolute atomic E-state index is 17.0. The zero-order valence-electron chi connectivity index (χ0n) is 77.9. The van der Waals surface area contributed by atoms with Gasteiger partial charge in [-0.15, -0.1) is 0 Å². The minimum Gasteiger partial charge on any atom is -0.508 e. The Balaban J connectivity index is 0.870. The number of hydrogen-bond acceptors (Lipinski definition) is 43. The van der Waals surface area contributed by atoms with Crippen LogP contribution in [0.15, 0.2) is 127 Å². The number of aliphatic hydroxyl groups excluding tert-OH is 15. The molecule has 147 heavy (non-hydrogen) atoms. The summed E-state index contributed by atoms with van der Waals surface area (Å²) in [6, 6.07) is 4.82. The van der Waals surface area contributed by atoms with Crippen molar-refractivity contribution >= 4 is 64.6 Å². The number of amides is 6. The first kappa shape index (κ1) is 108. The first-order valence-corrected chi connectivity index (χ1v) is 47.2. The van der Waals surface area contributed by atoms with Crippen LogP contribution in [-0.4, -0.2) is 354 Å². The molecule has 11 aliphatic heterocycles. The van der Waals surface area contributed by atoms with E-state index in [0.29, 0.717) is 0 Å². The highest BCUT2D eigenvalue weighted by Crippen LogP contribution is 2.51. The number of benzene rings is 7. The fourth-order valence-corrected chi connectivity index (χ4v) is 19.2. The van der Waals surface area contributed by atoms with Crippen LogP contribution in [0.2, 0.25) is 10.0 Å². The number of aromatic hydroxyl groups is 4. The molecule has 37 unspecified atom stereocenters. The van der Waals surface area contributed by atoms with Gasteiger partial charge in [0.05, 0.1) is 60.4 Å². The van der Waals surface area contributed by atoms with E-state index >= 15 is 28.8 Å². The summed E-state index contributed by atoms with van der Waals surface area (Å²) in [6.45, 7) is 1.32. The van der Waals surface area contributed by atoms with Crippen LogP contribution in [-0.2, 0) is 80.9 Å². The van der Waals surface area contributed by atoms with Crippen molar-refractivity contribution in [2.45, 2.75) is 260 Å². The Kier molecular flexibility index (Phi) is 33.4. The summed E-state index contributed by atoms with van der Waals surface area (Å²) >= 11 is 14.2. The number of carboxylic acid groups (broad SMARTS) is 1. The van der Waals surface area contributed by atoms with Crippen molar-refractivity contribution in [3.05, 3.63) is 176 Å². The quantitative estimate of drug-likeness (QED) is 0.0326. The number of carboxylic acids is 1. The van der Waals surface area contributed by atoms with Crippen molar-refractivity contribution in [3.63, 3.8) is 0 Å². The van der Waals surface area contributed by atoms with Gasteiger partial charge in [-0.05, 0) is 140 Å². The molecule has 0 aliphatic carbocycles. The van der Waals surface area contributed by atoms with Crippen LogP contribution < -0.4 is 67.6 Å². The van der Waals surface area contributed by atoms with Crippen molar-refractivity contribution in [2.75, 3.05) is 26.9 Å². The van der Waals surface area contributed by atoms with Crippen molar-refractivity contribution in [2.24, 2.45) is 11.5 Å². The van der Waals surface area contributed by atoms with Crippen LogP contribution in [0.3, 0.4) is 0 Å². The molecule has 0 spiro atoms. The van der Waals surface area contributed by atoms with E-state index in [0.717, 1.165) is 72.8 Å². The number of ether oxygens (including phenoxy) is 14. The number of nitrogens with two attached hydrogens (primary N) is 2. The van der Waals surface area contributed by atoms with E-state index in [9.17, 15) is 107 Å². The van der Waals surface area contributed by atoms with Gasteiger partial charge in [0.1, 0.15) is 174 Å². The molecule has 7 aromatic rings. The normalized spacial score (nSPS) is 35.5. The molecular weight excluding hydrogens is 1990 g/mol. The Morgan fingerprint density at radius 2 is 0.952 bits per heavy atom. The number of likely N-dealkylation sites (N-methyl/N-ethyl adjacent to an activating group) is 1. The lowest BCUT2D eigenvalue weighted by molar-refractivity contribution is -0.348. The Labute approximate surface area is 843 Å². The summed E-state index contributed by atoms with van der Waals surface area (Å²) in [5.74, 6) is -16.7. The topological polar surface area (TPSA) is 790 Å². The summed E-state index contributed by atoms with van der Waals surface area (Å²) in [5, 5.41) is 241. The Morgan fingerprint density at radius 3 is 1.52 bits per heavy atom. The highest BCUT2D eigenvalue weighted by atomic mass is 35.5. The van der Waals surface area contributed by atoms with Crippen LogP contribution in [0, 0.1) is 0 Å². The summed E-state index contributed by atoms with van der Waals surface area (Å²) in [5.41, 5.74) is 9.28. The standard InChI is InChI=1S/C95H111Cl2N9O41/c1-31-68(114)47(98)26-58(134-31)143-82-38-11-18-52(46(97)21-38)139-54-23-39-22-53(83(54)147-95-84(75(121)72(118)57(30-109)142-95)144-59-27-48(99)69(115)32(2)135-59)137-41-14-7-35(8-15-41)81(146-94-78(124)74(120)71(117)56(29-108)141-94)66(105-85(126)61(100-4)34-5-12-42(13-6-34)138-92-79(125)76(122)80(33(3)136-92)145-93-77(123)73(119)70(116)55(28-107)140-93)89(130)102-63(37-10-17-50(112)45(96)20-37)86(127)103-64(39)88(129)101-62-36-9-16-49(111)43(19-36)60-44(24-40(110)25-51(60)113)65(91(132)133)104-90(131)67(82)106-87(62)128/h5-25,31-33,47-48,55-59,61-82,84,92-95,100,107-125H,26-30,98-99H2,1-4H3,(H,101,129)(H,102,130)(H,103,127)(H,104,131)(H,105,126)(H,106,128)(H,132,133). The lowest BCUT2D eigenvalue weighted by Gasteiger charge is -2.45. The van der Waals surface area contributed by atoms with E-state index in [4.69, 9.17) is 101 Å². The van der Waals surface area contributed by atoms with Gasteiger partial charge in [-0.3, -0.25) is 28.8 Å². The molecule has 7 aromatic carbocycles. The molecule has 796 valence electrons. The summed E-state index contributed by atoms with van der Waals surface area (Å²) < 4.78 is 87.9. The highest BCUT2D eigenvalue weighted by Gasteiger charge is 2.55. The highest BCUT2D eigenvalue weighted by molar-refractivity contribution is 6.32. The Morgan fingerprint density at radius 1 is 0.442 bits per heavy atom. The second-order valence-corrected chi connectivity index (χ2v) is 37.6. The number of nitrogens with one attached hydrogen (secondary N) is 7. The van der Waals surface area contributed by atoms with Crippen LogP contribution in [0.4, 0.5) is 0 Å². The van der Waals surface area contributed by atoms with Crippen molar-refractivity contribution < 1.29 is 202 Å². The number of rotatable bonds is 21. The van der Waals surface area contributed by atoms with Gasteiger partial charge >= 0.3 is 5.97 Å². The van der Waals surface area contributed by atoms with Crippen molar-refractivity contribution in [3.8, 4) is 68.6 Å². The molecule has 0 radical (unpaired) electrons. The van der Waals surface area contributed by atoms with E-state index in [1.165, 1.54) is 82.4 Å². The third-order valence-corrected chi connectivity index (χ3v) is 27.5. The second kappa shape index (κ2) is 45.2. The molecular formula is C95H111Cl2N9O41. The zero-order valence-corrected chi connectivity index (χ0v) is 79.5. The average Bonchev–Trinajstić information content (AvgIpc) is 0.763. The summed E-state index contributed by atoms with van der Waals surface area (Å²) in [4.78, 5) is 112. The molecule has 52 heteroatoms. The predicted octanol–water partition coefficient (Wildman–Crippen LogP) is -4.05. The second-order valence-electron chi connectivity index (χ2n) is 36.8. The number of phenols is 4. The van der Waals surface area contributed by atoms with Gasteiger partial charge in [-0.2, -0.15) is 0 Å². The van der Waals surface area contributed by atoms with Gasteiger partial charge in [-0.1, -0.05) is 65.7 Å². The third kappa shape index (κ3) is 22.6. The fourth-order valence-electron chi connectivity index (χ4n) is 18.8.